The predicted octanol–water partition coefficient (Wildman–Crippen LogP) is 2.47. The van der Waals surface area contributed by atoms with Crippen LogP contribution in [-0.2, 0) is 14.3 Å². The number of amides is 1. The van der Waals surface area contributed by atoms with Crippen molar-refractivity contribution in [2.75, 3.05) is 13.6 Å². The van der Waals surface area contributed by atoms with Gasteiger partial charge in [-0.1, -0.05) is 27.2 Å². The van der Waals surface area contributed by atoms with Gasteiger partial charge in [0.05, 0.1) is 0 Å². The maximum Gasteiger partial charge on any atom is 0.325 e. The SMILES string of the molecule is CC(=O)N(C)CC(=O)OC1CC(C)CCC1C(C)C. The molecule has 3 unspecified atom stereocenters. The van der Waals surface area contributed by atoms with E-state index in [1.165, 1.54) is 18.2 Å². The highest BCUT2D eigenvalue weighted by atomic mass is 16.5. The van der Waals surface area contributed by atoms with E-state index in [0.717, 1.165) is 12.8 Å². The Morgan fingerprint density at radius 2 is 1.95 bits per heavy atom. The summed E-state index contributed by atoms with van der Waals surface area (Å²) in [5, 5.41) is 0. The van der Waals surface area contributed by atoms with Crippen LogP contribution in [0.15, 0.2) is 0 Å². The summed E-state index contributed by atoms with van der Waals surface area (Å²) in [6.07, 6.45) is 3.29. The fourth-order valence-corrected chi connectivity index (χ4v) is 2.76. The maximum absolute atomic E-state index is 11.9. The molecule has 0 saturated heterocycles. The number of ether oxygens (including phenoxy) is 1. The predicted molar refractivity (Wildman–Crippen MR) is 74.5 cm³/mol. The van der Waals surface area contributed by atoms with Gasteiger partial charge < -0.3 is 9.64 Å². The minimum Gasteiger partial charge on any atom is -0.461 e. The van der Waals surface area contributed by atoms with E-state index in [0.29, 0.717) is 17.8 Å². The molecule has 0 aliphatic heterocycles. The van der Waals surface area contributed by atoms with Crippen molar-refractivity contribution in [2.45, 2.75) is 53.1 Å². The fourth-order valence-electron chi connectivity index (χ4n) is 2.76. The summed E-state index contributed by atoms with van der Waals surface area (Å²) in [7, 11) is 1.62. The van der Waals surface area contributed by atoms with Crippen LogP contribution in [0.5, 0.6) is 0 Å². The Morgan fingerprint density at radius 3 is 2.47 bits per heavy atom. The van der Waals surface area contributed by atoms with Crippen molar-refractivity contribution in [3.05, 3.63) is 0 Å². The van der Waals surface area contributed by atoms with Gasteiger partial charge in [0.15, 0.2) is 0 Å². The molecule has 1 aliphatic rings. The molecule has 1 aliphatic carbocycles. The molecule has 0 radical (unpaired) electrons. The molecule has 1 amide bonds. The Bertz CT molecular complexity index is 327. The lowest BCUT2D eigenvalue weighted by Crippen LogP contribution is -2.39. The summed E-state index contributed by atoms with van der Waals surface area (Å²) in [4.78, 5) is 24.4. The third kappa shape index (κ3) is 4.84. The van der Waals surface area contributed by atoms with Crippen LogP contribution in [0, 0.1) is 17.8 Å². The zero-order chi connectivity index (χ0) is 14.6. The summed E-state index contributed by atoms with van der Waals surface area (Å²) in [6.45, 7) is 8.07. The van der Waals surface area contributed by atoms with Crippen molar-refractivity contribution in [1.82, 2.24) is 4.90 Å². The van der Waals surface area contributed by atoms with Crippen molar-refractivity contribution in [2.24, 2.45) is 17.8 Å². The van der Waals surface area contributed by atoms with Gasteiger partial charge in [0, 0.05) is 14.0 Å². The summed E-state index contributed by atoms with van der Waals surface area (Å²) in [5.74, 6) is 1.17. The molecule has 4 nitrogen and oxygen atoms in total. The molecule has 0 aromatic heterocycles. The molecule has 0 aromatic rings. The first-order valence-electron chi connectivity index (χ1n) is 7.22. The molecule has 1 saturated carbocycles. The number of hydrogen-bond acceptors (Lipinski definition) is 3. The molecule has 0 bridgehead atoms. The third-order valence-electron chi connectivity index (χ3n) is 4.15. The lowest BCUT2D eigenvalue weighted by molar-refractivity contribution is -0.158. The van der Waals surface area contributed by atoms with Gasteiger partial charge in [0.25, 0.3) is 0 Å². The van der Waals surface area contributed by atoms with E-state index in [1.54, 1.807) is 7.05 Å². The zero-order valence-electron chi connectivity index (χ0n) is 12.8. The normalized spacial score (nSPS) is 27.2. The number of likely N-dealkylation sites (N-methyl/N-ethyl adjacent to an activating group) is 1. The van der Waals surface area contributed by atoms with E-state index in [9.17, 15) is 9.59 Å². The molecule has 19 heavy (non-hydrogen) atoms. The largest absolute Gasteiger partial charge is 0.461 e. The Labute approximate surface area is 116 Å². The molecular weight excluding hydrogens is 242 g/mol. The maximum atomic E-state index is 11.9. The van der Waals surface area contributed by atoms with Crippen LogP contribution in [0.1, 0.15) is 47.0 Å². The van der Waals surface area contributed by atoms with E-state index in [4.69, 9.17) is 4.74 Å². The summed E-state index contributed by atoms with van der Waals surface area (Å²) < 4.78 is 5.62. The molecule has 1 fully saturated rings. The molecule has 1 rings (SSSR count). The van der Waals surface area contributed by atoms with E-state index < -0.39 is 0 Å². The van der Waals surface area contributed by atoms with Gasteiger partial charge in [-0.25, -0.2) is 0 Å². The lowest BCUT2D eigenvalue weighted by atomic mass is 9.75. The van der Waals surface area contributed by atoms with Gasteiger partial charge in [0.1, 0.15) is 12.6 Å². The van der Waals surface area contributed by atoms with Crippen molar-refractivity contribution in [3.63, 3.8) is 0 Å². The fraction of sp³-hybridized carbons (Fsp3) is 0.867. The number of nitrogens with zero attached hydrogens (tertiary/aromatic N) is 1. The van der Waals surface area contributed by atoms with Gasteiger partial charge in [-0.15, -0.1) is 0 Å². The van der Waals surface area contributed by atoms with Crippen LogP contribution in [-0.4, -0.2) is 36.5 Å². The van der Waals surface area contributed by atoms with Crippen molar-refractivity contribution >= 4 is 11.9 Å². The van der Waals surface area contributed by atoms with Crippen LogP contribution < -0.4 is 0 Å². The van der Waals surface area contributed by atoms with Gasteiger partial charge >= 0.3 is 5.97 Å². The van der Waals surface area contributed by atoms with Gasteiger partial charge in [-0.2, -0.15) is 0 Å². The van der Waals surface area contributed by atoms with Gasteiger partial charge in [-0.3, -0.25) is 9.59 Å². The second-order valence-corrected chi connectivity index (χ2v) is 6.23. The first kappa shape index (κ1) is 16.0. The van der Waals surface area contributed by atoms with Crippen LogP contribution in [0.2, 0.25) is 0 Å². The van der Waals surface area contributed by atoms with Crippen molar-refractivity contribution in [1.29, 1.82) is 0 Å². The van der Waals surface area contributed by atoms with Crippen LogP contribution in [0.25, 0.3) is 0 Å². The molecule has 0 heterocycles. The molecule has 110 valence electrons. The number of esters is 1. The molecule has 3 atom stereocenters. The number of hydrogen-bond donors (Lipinski definition) is 0. The number of rotatable bonds is 4. The van der Waals surface area contributed by atoms with E-state index in [-0.39, 0.29) is 24.5 Å². The molecule has 0 spiro atoms. The van der Waals surface area contributed by atoms with Crippen LogP contribution >= 0.6 is 0 Å². The molecular formula is C15H27NO3. The van der Waals surface area contributed by atoms with Crippen molar-refractivity contribution in [3.8, 4) is 0 Å². The Balaban J connectivity index is 2.56. The highest BCUT2D eigenvalue weighted by molar-refractivity contribution is 5.80. The van der Waals surface area contributed by atoms with Crippen molar-refractivity contribution < 1.29 is 14.3 Å². The molecule has 4 heteroatoms. The molecule has 0 aromatic carbocycles. The summed E-state index contributed by atoms with van der Waals surface area (Å²) in [6, 6.07) is 0. The monoisotopic (exact) mass is 269 g/mol. The first-order chi connectivity index (χ1) is 8.81. The minimum absolute atomic E-state index is 0.0107. The zero-order valence-corrected chi connectivity index (χ0v) is 12.8. The molecule has 0 N–H and O–H groups in total. The third-order valence-corrected chi connectivity index (χ3v) is 4.15. The minimum atomic E-state index is -0.289. The second kappa shape index (κ2) is 6.92. The summed E-state index contributed by atoms with van der Waals surface area (Å²) in [5.41, 5.74) is 0. The van der Waals surface area contributed by atoms with E-state index in [1.807, 2.05) is 0 Å². The van der Waals surface area contributed by atoms with Gasteiger partial charge in [0.2, 0.25) is 5.91 Å². The van der Waals surface area contributed by atoms with E-state index in [2.05, 4.69) is 20.8 Å². The van der Waals surface area contributed by atoms with Crippen LogP contribution in [0.4, 0.5) is 0 Å². The van der Waals surface area contributed by atoms with E-state index >= 15 is 0 Å². The van der Waals surface area contributed by atoms with Crippen LogP contribution in [0.3, 0.4) is 0 Å². The average Bonchev–Trinajstić information content (AvgIpc) is 2.27. The quantitative estimate of drug-likeness (QED) is 0.737. The summed E-state index contributed by atoms with van der Waals surface area (Å²) >= 11 is 0. The number of carbonyl (C=O) groups is 2. The first-order valence-corrected chi connectivity index (χ1v) is 7.22. The Morgan fingerprint density at radius 1 is 1.32 bits per heavy atom. The topological polar surface area (TPSA) is 46.6 Å². The lowest BCUT2D eigenvalue weighted by Gasteiger charge is -2.36. The highest BCUT2D eigenvalue weighted by Crippen LogP contribution is 2.35. The smallest absolute Gasteiger partial charge is 0.325 e. The second-order valence-electron chi connectivity index (χ2n) is 6.23. The number of carbonyl (C=O) groups excluding carboxylic acids is 2. The van der Waals surface area contributed by atoms with Gasteiger partial charge in [-0.05, 0) is 30.6 Å². The Hall–Kier alpha value is -1.06. The standard InChI is InChI=1S/C15H27NO3/c1-10(2)13-7-6-11(3)8-14(13)19-15(18)9-16(5)12(4)17/h10-11,13-14H,6-9H2,1-5H3. The Kier molecular flexibility index (Phi) is 5.83. The average molecular weight is 269 g/mol. The highest BCUT2D eigenvalue weighted by Gasteiger charge is 2.33.